The Bertz CT molecular complexity index is 679. The van der Waals surface area contributed by atoms with Gasteiger partial charge in [0.15, 0.2) is 5.96 Å². The monoisotopic (exact) mass is 486 g/mol. The molecule has 0 bridgehead atoms. The topological polar surface area (TPSA) is 49.6 Å². The molecule has 2 fully saturated rings. The van der Waals surface area contributed by atoms with Gasteiger partial charge in [-0.2, -0.15) is 0 Å². The Labute approximate surface area is 180 Å². The van der Waals surface area contributed by atoms with Crippen molar-refractivity contribution < 1.29 is 0 Å². The van der Waals surface area contributed by atoms with Crippen LogP contribution in [-0.4, -0.2) is 42.1 Å². The second-order valence-electron chi connectivity index (χ2n) is 8.07. The summed E-state index contributed by atoms with van der Waals surface area (Å²) in [5.41, 5.74) is 1.70. The maximum absolute atomic E-state index is 11.9. The van der Waals surface area contributed by atoms with E-state index < -0.39 is 0 Å². The van der Waals surface area contributed by atoms with Crippen LogP contribution in [0.15, 0.2) is 28.0 Å². The lowest BCUT2D eigenvalue weighted by Gasteiger charge is -2.33. The van der Waals surface area contributed by atoms with Gasteiger partial charge in [0.05, 0.1) is 0 Å². The molecule has 1 aromatic rings. The fraction of sp³-hybridized carbons (Fsp3) is 0.714. The Kier molecular flexibility index (Phi) is 8.63. The third-order valence-electron chi connectivity index (χ3n) is 6.22. The van der Waals surface area contributed by atoms with Gasteiger partial charge >= 0.3 is 0 Å². The Hall–Kier alpha value is -1.05. The molecule has 0 unspecified atom stereocenters. The van der Waals surface area contributed by atoms with Gasteiger partial charge in [0.2, 0.25) is 0 Å². The van der Waals surface area contributed by atoms with Gasteiger partial charge < -0.3 is 14.8 Å². The van der Waals surface area contributed by atoms with Crippen LogP contribution >= 0.6 is 24.0 Å². The first-order valence-corrected chi connectivity index (χ1v) is 10.3. The van der Waals surface area contributed by atoms with E-state index in [2.05, 4.69) is 15.2 Å². The lowest BCUT2D eigenvalue weighted by atomic mass is 9.73. The van der Waals surface area contributed by atoms with Crippen molar-refractivity contribution in [3.63, 3.8) is 0 Å². The molecule has 1 saturated heterocycles. The highest BCUT2D eigenvalue weighted by Gasteiger charge is 2.39. The molecule has 5 nitrogen and oxygen atoms in total. The summed E-state index contributed by atoms with van der Waals surface area (Å²) in [5.74, 6) is 1.06. The van der Waals surface area contributed by atoms with Gasteiger partial charge in [0.1, 0.15) is 0 Å². The first-order valence-electron chi connectivity index (χ1n) is 10.3. The second-order valence-corrected chi connectivity index (χ2v) is 8.07. The number of unbranched alkanes of at least 4 members (excludes halogenated alkanes) is 1. The van der Waals surface area contributed by atoms with Gasteiger partial charge in [-0.3, -0.25) is 9.79 Å². The number of nitrogens with one attached hydrogen (secondary N) is 1. The fourth-order valence-electron chi connectivity index (χ4n) is 4.66. The zero-order valence-electron chi connectivity index (χ0n) is 16.9. The predicted molar refractivity (Wildman–Crippen MR) is 123 cm³/mol. The van der Waals surface area contributed by atoms with Crippen LogP contribution in [0, 0.1) is 12.3 Å². The molecule has 0 atom stereocenters. The molecule has 1 N–H and O–H groups in total. The first-order chi connectivity index (χ1) is 12.6. The number of nitrogens with zero attached hydrogens (tertiary/aromatic N) is 3. The highest BCUT2D eigenvalue weighted by molar-refractivity contribution is 14.0. The molecule has 0 radical (unpaired) electrons. The van der Waals surface area contributed by atoms with Crippen LogP contribution in [0.3, 0.4) is 0 Å². The minimum absolute atomic E-state index is 0. The highest BCUT2D eigenvalue weighted by Crippen LogP contribution is 2.43. The lowest BCUT2D eigenvalue weighted by molar-refractivity contribution is 0.203. The minimum Gasteiger partial charge on any atom is -0.356 e. The number of likely N-dealkylation sites (tertiary alicyclic amines) is 1. The maximum atomic E-state index is 11.9. The van der Waals surface area contributed by atoms with Crippen LogP contribution in [0.4, 0.5) is 0 Å². The smallest absolute Gasteiger partial charge is 0.250 e. The second kappa shape index (κ2) is 10.5. The van der Waals surface area contributed by atoms with Crippen LogP contribution in [0.1, 0.15) is 57.1 Å². The molecule has 1 aromatic heterocycles. The number of aliphatic imine (C=N–C) groups is 1. The summed E-state index contributed by atoms with van der Waals surface area (Å²) in [6.45, 7) is 6.01. The number of aryl methyl sites for hydroxylation is 1. The summed E-state index contributed by atoms with van der Waals surface area (Å²) in [6.07, 6.45) is 10.4. The van der Waals surface area contributed by atoms with Gasteiger partial charge in [-0.25, -0.2) is 0 Å². The molecular weight excluding hydrogens is 451 g/mol. The normalized spacial score (nSPS) is 19.2. The molecular formula is C21H35IN4O. The number of rotatable bonds is 5. The van der Waals surface area contributed by atoms with Gasteiger partial charge in [0, 0.05) is 45.0 Å². The van der Waals surface area contributed by atoms with E-state index in [1.807, 2.05) is 30.7 Å². The Balaban J connectivity index is 0.00000261. The Morgan fingerprint density at radius 1 is 1.19 bits per heavy atom. The van der Waals surface area contributed by atoms with Crippen LogP contribution in [0.5, 0.6) is 0 Å². The lowest BCUT2D eigenvalue weighted by Crippen LogP contribution is -2.42. The molecule has 1 saturated carbocycles. The summed E-state index contributed by atoms with van der Waals surface area (Å²) in [5, 5.41) is 3.54. The molecule has 0 aromatic carbocycles. The van der Waals surface area contributed by atoms with Crippen LogP contribution in [-0.2, 0) is 6.54 Å². The van der Waals surface area contributed by atoms with Crippen molar-refractivity contribution in [3.8, 4) is 0 Å². The zero-order valence-corrected chi connectivity index (χ0v) is 19.2. The van der Waals surface area contributed by atoms with Crippen molar-refractivity contribution in [1.29, 1.82) is 0 Å². The standard InChI is InChI=1S/C21H34N4O.HI/c1-18-9-8-10-19(26)25(18)15-7-6-14-23-20(22-2)24-16-13-21(17-24)11-4-3-5-12-21;/h8-10H,3-7,11-17H2,1-2H3,(H,22,23);1H. The summed E-state index contributed by atoms with van der Waals surface area (Å²) >= 11 is 0. The van der Waals surface area contributed by atoms with Crippen molar-refractivity contribution in [3.05, 3.63) is 34.2 Å². The molecule has 2 aliphatic rings. The van der Waals surface area contributed by atoms with Gasteiger partial charge in [0.25, 0.3) is 5.56 Å². The van der Waals surface area contributed by atoms with E-state index in [1.54, 1.807) is 6.07 Å². The van der Waals surface area contributed by atoms with E-state index >= 15 is 0 Å². The number of aromatic nitrogens is 1. The maximum Gasteiger partial charge on any atom is 0.250 e. The average Bonchev–Trinajstić information content (AvgIpc) is 3.04. The van der Waals surface area contributed by atoms with E-state index in [9.17, 15) is 4.79 Å². The van der Waals surface area contributed by atoms with Crippen molar-refractivity contribution in [2.75, 3.05) is 26.7 Å². The van der Waals surface area contributed by atoms with Crippen LogP contribution in [0.25, 0.3) is 0 Å². The largest absolute Gasteiger partial charge is 0.356 e. The SMILES string of the molecule is CN=C(NCCCCn1c(C)cccc1=O)N1CCC2(CCCCC2)C1.I. The molecule has 1 spiro atoms. The Morgan fingerprint density at radius 3 is 2.67 bits per heavy atom. The first kappa shape index (κ1) is 22.2. The third kappa shape index (κ3) is 5.72. The van der Waals surface area contributed by atoms with Gasteiger partial charge in [-0.05, 0) is 50.5 Å². The quantitative estimate of drug-likeness (QED) is 0.298. The van der Waals surface area contributed by atoms with Crippen molar-refractivity contribution in [1.82, 2.24) is 14.8 Å². The molecule has 27 heavy (non-hydrogen) atoms. The average molecular weight is 486 g/mol. The Morgan fingerprint density at radius 2 is 1.96 bits per heavy atom. The summed E-state index contributed by atoms with van der Waals surface area (Å²) in [7, 11) is 1.89. The van der Waals surface area contributed by atoms with Crippen LogP contribution < -0.4 is 10.9 Å². The van der Waals surface area contributed by atoms with Gasteiger partial charge in [-0.15, -0.1) is 24.0 Å². The minimum atomic E-state index is 0. The van der Waals surface area contributed by atoms with Gasteiger partial charge in [-0.1, -0.05) is 25.3 Å². The molecule has 0 amide bonds. The van der Waals surface area contributed by atoms with Crippen molar-refractivity contribution >= 4 is 29.9 Å². The summed E-state index contributed by atoms with van der Waals surface area (Å²) < 4.78 is 1.86. The van der Waals surface area contributed by atoms with E-state index in [0.717, 1.165) is 44.1 Å². The van der Waals surface area contributed by atoms with Crippen LogP contribution in [0.2, 0.25) is 0 Å². The van der Waals surface area contributed by atoms with E-state index in [0.29, 0.717) is 5.41 Å². The zero-order chi connectivity index (χ0) is 18.4. The molecule has 2 heterocycles. The predicted octanol–water partition coefficient (Wildman–Crippen LogP) is 3.79. The number of hydrogen-bond donors (Lipinski definition) is 1. The molecule has 1 aliphatic carbocycles. The number of pyridine rings is 1. The third-order valence-corrected chi connectivity index (χ3v) is 6.22. The van der Waals surface area contributed by atoms with Crippen molar-refractivity contribution in [2.24, 2.45) is 10.4 Å². The molecule has 1 aliphatic heterocycles. The number of halogens is 1. The fourth-order valence-corrected chi connectivity index (χ4v) is 4.66. The highest BCUT2D eigenvalue weighted by atomic mass is 127. The number of hydrogen-bond acceptors (Lipinski definition) is 2. The summed E-state index contributed by atoms with van der Waals surface area (Å²) in [4.78, 5) is 18.9. The summed E-state index contributed by atoms with van der Waals surface area (Å²) in [6, 6.07) is 5.46. The molecule has 152 valence electrons. The molecule has 6 heteroatoms. The number of guanidine groups is 1. The van der Waals surface area contributed by atoms with Crippen molar-refractivity contribution in [2.45, 2.75) is 64.8 Å². The molecule has 3 rings (SSSR count). The van der Waals surface area contributed by atoms with E-state index in [4.69, 9.17) is 0 Å². The van der Waals surface area contributed by atoms with E-state index in [1.165, 1.54) is 45.1 Å². The van der Waals surface area contributed by atoms with E-state index in [-0.39, 0.29) is 29.5 Å².